The van der Waals surface area contributed by atoms with Crippen LogP contribution < -0.4 is 11.3 Å². The summed E-state index contributed by atoms with van der Waals surface area (Å²) in [5, 5.41) is 1.12. The van der Waals surface area contributed by atoms with Crippen molar-refractivity contribution < 1.29 is 4.79 Å². The lowest BCUT2D eigenvalue weighted by molar-refractivity contribution is -0.122. The van der Waals surface area contributed by atoms with Crippen LogP contribution in [0.25, 0.3) is 10.4 Å². The van der Waals surface area contributed by atoms with Crippen LogP contribution in [-0.2, 0) is 17.8 Å². The van der Waals surface area contributed by atoms with Gasteiger partial charge in [0.25, 0.3) is 0 Å². The molecule has 2 aromatic rings. The van der Waals surface area contributed by atoms with Gasteiger partial charge in [0.05, 0.1) is 16.6 Å². The number of amides is 1. The number of carbonyl (C=O) groups is 1. The molecule has 1 aromatic carbocycles. The van der Waals surface area contributed by atoms with Gasteiger partial charge < -0.3 is 0 Å². The molecule has 116 valence electrons. The number of benzene rings is 1. The molecule has 1 aliphatic heterocycles. The maximum absolute atomic E-state index is 11.4. The van der Waals surface area contributed by atoms with Crippen LogP contribution in [0, 0.1) is 0 Å². The number of carbonyl (C=O) groups excluding carboxylic acids is 1. The molecule has 1 aliphatic rings. The van der Waals surface area contributed by atoms with Crippen molar-refractivity contribution in [2.75, 3.05) is 13.1 Å². The zero-order valence-corrected chi connectivity index (χ0v) is 14.1. The fraction of sp³-hybridized carbons (Fsp3) is 0.267. The van der Waals surface area contributed by atoms with Gasteiger partial charge in [-0.1, -0.05) is 29.3 Å². The summed E-state index contributed by atoms with van der Waals surface area (Å²) in [6.45, 7) is 1.95. The second kappa shape index (κ2) is 6.56. The first-order valence-electron chi connectivity index (χ1n) is 6.85. The van der Waals surface area contributed by atoms with E-state index in [1.807, 2.05) is 18.2 Å². The molecule has 4 nitrogen and oxygen atoms in total. The number of hydrogen-bond acceptors (Lipinski definition) is 4. The van der Waals surface area contributed by atoms with Gasteiger partial charge in [-0.15, -0.1) is 11.3 Å². The van der Waals surface area contributed by atoms with Crippen LogP contribution in [0.3, 0.4) is 0 Å². The highest BCUT2D eigenvalue weighted by Gasteiger charge is 2.21. The smallest absolute Gasteiger partial charge is 0.248 e. The Morgan fingerprint density at radius 3 is 2.86 bits per heavy atom. The summed E-state index contributed by atoms with van der Waals surface area (Å²) in [6.07, 6.45) is 0.944. The van der Waals surface area contributed by atoms with E-state index in [2.05, 4.69) is 16.4 Å². The molecule has 0 atom stereocenters. The molecule has 1 aromatic heterocycles. The molecule has 0 bridgehead atoms. The van der Waals surface area contributed by atoms with Gasteiger partial charge in [0.1, 0.15) is 0 Å². The van der Waals surface area contributed by atoms with E-state index in [0.29, 0.717) is 16.6 Å². The molecule has 22 heavy (non-hydrogen) atoms. The van der Waals surface area contributed by atoms with E-state index in [-0.39, 0.29) is 5.91 Å². The topological polar surface area (TPSA) is 58.4 Å². The SMILES string of the molecule is NNC(=O)CN1CCc2sc(-c3ccc(Cl)c(Cl)c3)cc2C1. The molecule has 0 saturated carbocycles. The Kier molecular flexibility index (Phi) is 4.70. The highest BCUT2D eigenvalue weighted by atomic mass is 35.5. The average Bonchev–Trinajstić information content (AvgIpc) is 2.93. The first-order chi connectivity index (χ1) is 10.6. The maximum Gasteiger partial charge on any atom is 0.248 e. The number of nitrogens with one attached hydrogen (secondary N) is 1. The average molecular weight is 356 g/mol. The fourth-order valence-corrected chi connectivity index (χ4v) is 4.02. The number of nitrogens with zero attached hydrogens (tertiary/aromatic N) is 1. The number of rotatable bonds is 3. The van der Waals surface area contributed by atoms with E-state index in [9.17, 15) is 4.79 Å². The molecule has 0 unspecified atom stereocenters. The van der Waals surface area contributed by atoms with Gasteiger partial charge >= 0.3 is 0 Å². The second-order valence-corrected chi connectivity index (χ2v) is 7.17. The summed E-state index contributed by atoms with van der Waals surface area (Å²) in [6, 6.07) is 7.86. The van der Waals surface area contributed by atoms with Gasteiger partial charge in [0, 0.05) is 22.8 Å². The first-order valence-corrected chi connectivity index (χ1v) is 8.43. The fourth-order valence-electron chi connectivity index (χ4n) is 2.57. The minimum absolute atomic E-state index is 0.164. The van der Waals surface area contributed by atoms with Crippen molar-refractivity contribution in [3.63, 3.8) is 0 Å². The molecule has 0 radical (unpaired) electrons. The standard InChI is InChI=1S/C15H15Cl2N3OS/c16-11-2-1-9(5-12(11)17)14-6-10-7-20(8-15(21)19-18)4-3-13(10)22-14/h1-2,5-6H,3-4,7-8,18H2,(H,19,21). The molecule has 0 fully saturated rings. The molecule has 2 heterocycles. The van der Waals surface area contributed by atoms with Gasteiger partial charge in [-0.2, -0.15) is 0 Å². The normalized spacial score (nSPS) is 14.7. The summed E-state index contributed by atoms with van der Waals surface area (Å²) >= 11 is 13.8. The van der Waals surface area contributed by atoms with Crippen LogP contribution in [0.15, 0.2) is 24.3 Å². The number of thiophene rings is 1. The molecule has 1 amide bonds. The largest absolute Gasteiger partial charge is 0.293 e. The second-order valence-electron chi connectivity index (χ2n) is 5.22. The number of hydrazine groups is 1. The molecule has 0 spiro atoms. The Hall–Kier alpha value is -1.11. The third-order valence-electron chi connectivity index (χ3n) is 3.68. The summed E-state index contributed by atoms with van der Waals surface area (Å²) < 4.78 is 0. The minimum Gasteiger partial charge on any atom is -0.293 e. The minimum atomic E-state index is -0.164. The highest BCUT2D eigenvalue weighted by molar-refractivity contribution is 7.15. The Morgan fingerprint density at radius 1 is 1.32 bits per heavy atom. The van der Waals surface area contributed by atoms with Gasteiger partial charge in [-0.25, -0.2) is 5.84 Å². The van der Waals surface area contributed by atoms with Crippen molar-refractivity contribution in [2.24, 2.45) is 5.84 Å². The van der Waals surface area contributed by atoms with Crippen LogP contribution in [0.4, 0.5) is 0 Å². The lowest BCUT2D eigenvalue weighted by Crippen LogP contribution is -2.42. The van der Waals surface area contributed by atoms with Gasteiger partial charge in [-0.05, 0) is 35.7 Å². The highest BCUT2D eigenvalue weighted by Crippen LogP contribution is 2.36. The third-order valence-corrected chi connectivity index (χ3v) is 5.70. The molecule has 7 heteroatoms. The Labute approximate surface area is 142 Å². The van der Waals surface area contributed by atoms with E-state index in [0.717, 1.165) is 25.1 Å². The predicted octanol–water partition coefficient (Wildman–Crippen LogP) is 3.07. The van der Waals surface area contributed by atoms with Crippen molar-refractivity contribution in [2.45, 2.75) is 13.0 Å². The monoisotopic (exact) mass is 355 g/mol. The molecule has 0 aliphatic carbocycles. The van der Waals surface area contributed by atoms with Crippen molar-refractivity contribution in [1.29, 1.82) is 0 Å². The molecular formula is C15H15Cl2N3OS. The van der Waals surface area contributed by atoms with Crippen molar-refractivity contribution >= 4 is 40.4 Å². The maximum atomic E-state index is 11.4. The van der Waals surface area contributed by atoms with Crippen LogP contribution in [0.1, 0.15) is 10.4 Å². The van der Waals surface area contributed by atoms with Crippen molar-refractivity contribution in [1.82, 2.24) is 10.3 Å². The van der Waals surface area contributed by atoms with Crippen molar-refractivity contribution in [3.8, 4) is 10.4 Å². The van der Waals surface area contributed by atoms with Crippen LogP contribution in [0.2, 0.25) is 10.0 Å². The summed E-state index contributed by atoms with van der Waals surface area (Å²) in [5.74, 6) is 4.98. The van der Waals surface area contributed by atoms with E-state index in [1.54, 1.807) is 11.3 Å². The number of fused-ring (bicyclic) bond motifs is 1. The van der Waals surface area contributed by atoms with E-state index < -0.39 is 0 Å². The predicted molar refractivity (Wildman–Crippen MR) is 91.1 cm³/mol. The van der Waals surface area contributed by atoms with Gasteiger partial charge in [0.15, 0.2) is 0 Å². The Balaban J connectivity index is 1.81. The van der Waals surface area contributed by atoms with Gasteiger partial charge in [-0.3, -0.25) is 15.1 Å². The summed E-state index contributed by atoms with van der Waals surface area (Å²) in [4.78, 5) is 16.0. The number of hydrogen-bond donors (Lipinski definition) is 2. The molecule has 0 saturated heterocycles. The van der Waals surface area contributed by atoms with Crippen molar-refractivity contribution in [3.05, 3.63) is 44.8 Å². The lowest BCUT2D eigenvalue weighted by Gasteiger charge is -2.25. The van der Waals surface area contributed by atoms with Gasteiger partial charge in [0.2, 0.25) is 5.91 Å². The van der Waals surface area contributed by atoms with Crippen LogP contribution in [0.5, 0.6) is 0 Å². The first kappa shape index (κ1) is 15.8. The van der Waals surface area contributed by atoms with E-state index in [4.69, 9.17) is 29.0 Å². The van der Waals surface area contributed by atoms with E-state index in [1.165, 1.54) is 15.3 Å². The molecule has 3 N–H and O–H groups in total. The third kappa shape index (κ3) is 3.29. The Bertz CT molecular complexity index is 717. The summed E-state index contributed by atoms with van der Waals surface area (Å²) in [7, 11) is 0. The lowest BCUT2D eigenvalue weighted by atomic mass is 10.1. The molecule has 3 rings (SSSR count). The van der Waals surface area contributed by atoms with E-state index >= 15 is 0 Å². The summed E-state index contributed by atoms with van der Waals surface area (Å²) in [5.41, 5.74) is 4.51. The number of halogens is 2. The Morgan fingerprint density at radius 2 is 2.14 bits per heavy atom. The van der Waals surface area contributed by atoms with Crippen LogP contribution >= 0.6 is 34.5 Å². The quantitative estimate of drug-likeness (QED) is 0.505. The zero-order valence-electron chi connectivity index (χ0n) is 11.7. The number of nitrogens with two attached hydrogens (primary N) is 1. The molecular weight excluding hydrogens is 341 g/mol. The zero-order chi connectivity index (χ0) is 15.7. The van der Waals surface area contributed by atoms with Crippen LogP contribution in [-0.4, -0.2) is 23.9 Å².